The number of alkyl halides is 3. The lowest BCUT2D eigenvalue weighted by molar-refractivity contribution is -0.137. The molecule has 0 spiro atoms. The number of nitrogens with zero attached hydrogens (tertiary/aromatic N) is 4. The van der Waals surface area contributed by atoms with Gasteiger partial charge in [0.25, 0.3) is 5.56 Å². The highest BCUT2D eigenvalue weighted by Gasteiger charge is 2.32. The monoisotopic (exact) mass is 396 g/mol. The van der Waals surface area contributed by atoms with Crippen LogP contribution in [0.5, 0.6) is 0 Å². The van der Waals surface area contributed by atoms with E-state index in [1.165, 1.54) is 10.7 Å². The van der Waals surface area contributed by atoms with Crippen molar-refractivity contribution in [3.05, 3.63) is 51.6 Å². The quantitative estimate of drug-likeness (QED) is 0.798. The summed E-state index contributed by atoms with van der Waals surface area (Å²) in [6.45, 7) is 1.13. The molecule has 5 nitrogen and oxygen atoms in total. The summed E-state index contributed by atoms with van der Waals surface area (Å²) in [6.07, 6.45) is -0.914. The van der Waals surface area contributed by atoms with Crippen LogP contribution in [0.2, 0.25) is 0 Å². The van der Waals surface area contributed by atoms with Gasteiger partial charge in [0.2, 0.25) is 0 Å². The second-order valence-corrected chi connectivity index (χ2v) is 7.94. The zero-order chi connectivity index (χ0) is 19.0. The van der Waals surface area contributed by atoms with E-state index in [1.54, 1.807) is 17.8 Å². The van der Waals surface area contributed by atoms with Gasteiger partial charge in [-0.05, 0) is 36.3 Å². The highest BCUT2D eigenvalue weighted by atomic mass is 32.2. The number of pyridine rings is 1. The van der Waals surface area contributed by atoms with Crippen molar-refractivity contribution >= 4 is 17.6 Å². The molecule has 0 aliphatic carbocycles. The van der Waals surface area contributed by atoms with Gasteiger partial charge in [-0.1, -0.05) is 0 Å². The van der Waals surface area contributed by atoms with Gasteiger partial charge in [0.1, 0.15) is 5.82 Å². The van der Waals surface area contributed by atoms with Crippen molar-refractivity contribution in [1.29, 1.82) is 0 Å². The molecule has 1 unspecified atom stereocenters. The number of thioether (sulfide) groups is 1. The first-order chi connectivity index (χ1) is 12.9. The van der Waals surface area contributed by atoms with E-state index < -0.39 is 11.7 Å². The molecule has 0 amide bonds. The molecular formula is C18H19F3N4OS. The number of hydrogen-bond donors (Lipinski definition) is 0. The van der Waals surface area contributed by atoms with Crippen molar-refractivity contribution in [2.45, 2.75) is 43.8 Å². The lowest BCUT2D eigenvalue weighted by Gasteiger charge is -2.26. The average molecular weight is 396 g/mol. The van der Waals surface area contributed by atoms with Gasteiger partial charge in [-0.25, -0.2) is 9.67 Å². The van der Waals surface area contributed by atoms with Crippen LogP contribution in [-0.2, 0) is 24.9 Å². The van der Waals surface area contributed by atoms with E-state index in [2.05, 4.69) is 10.1 Å². The van der Waals surface area contributed by atoms with Gasteiger partial charge in [-0.3, -0.25) is 4.79 Å². The van der Waals surface area contributed by atoms with Gasteiger partial charge in [0.05, 0.1) is 23.8 Å². The molecule has 1 saturated heterocycles. The first kappa shape index (κ1) is 18.3. The molecule has 0 saturated carbocycles. The number of anilines is 1. The van der Waals surface area contributed by atoms with Gasteiger partial charge in [-0.2, -0.15) is 30.0 Å². The molecule has 2 aromatic rings. The molecule has 4 rings (SSSR count). The molecule has 0 radical (unpaired) electrons. The molecule has 0 bridgehead atoms. The number of rotatable bonds is 3. The minimum absolute atomic E-state index is 0.00421. The third-order valence-electron chi connectivity index (χ3n) is 5.04. The Hall–Kier alpha value is -2.03. The largest absolute Gasteiger partial charge is 0.417 e. The second-order valence-electron chi connectivity index (χ2n) is 6.83. The van der Waals surface area contributed by atoms with Crippen LogP contribution in [0.25, 0.3) is 0 Å². The van der Waals surface area contributed by atoms with E-state index in [1.807, 2.05) is 4.90 Å². The molecular weight excluding hydrogens is 377 g/mol. The van der Waals surface area contributed by atoms with Gasteiger partial charge >= 0.3 is 6.18 Å². The lowest BCUT2D eigenvalue weighted by Crippen LogP contribution is -2.38. The zero-order valence-electron chi connectivity index (χ0n) is 14.6. The molecule has 9 heteroatoms. The lowest BCUT2D eigenvalue weighted by atomic mass is 10.2. The Morgan fingerprint density at radius 2 is 2.15 bits per heavy atom. The Morgan fingerprint density at radius 1 is 1.30 bits per heavy atom. The maximum atomic E-state index is 12.7. The average Bonchev–Trinajstić information content (AvgIpc) is 3.10. The Morgan fingerprint density at radius 3 is 2.89 bits per heavy atom. The molecule has 2 aliphatic rings. The fraction of sp³-hybridized carbons (Fsp3) is 0.500. The maximum absolute atomic E-state index is 12.7. The molecule has 2 aliphatic heterocycles. The van der Waals surface area contributed by atoms with Crippen LogP contribution in [0.15, 0.2) is 29.2 Å². The van der Waals surface area contributed by atoms with Crippen molar-refractivity contribution in [1.82, 2.24) is 14.8 Å². The summed E-state index contributed by atoms with van der Waals surface area (Å²) < 4.78 is 39.7. The fourth-order valence-electron chi connectivity index (χ4n) is 3.63. The summed E-state index contributed by atoms with van der Waals surface area (Å²) in [4.78, 5) is 18.4. The third kappa shape index (κ3) is 3.83. The molecule has 1 fully saturated rings. The zero-order valence-corrected chi connectivity index (χ0v) is 15.4. The summed E-state index contributed by atoms with van der Waals surface area (Å²) in [6, 6.07) is 4.13. The smallest absolute Gasteiger partial charge is 0.352 e. The summed E-state index contributed by atoms with van der Waals surface area (Å²) in [5, 5.41) is 4.55. The summed E-state index contributed by atoms with van der Waals surface area (Å²) in [5.74, 6) is 2.33. The first-order valence-electron chi connectivity index (χ1n) is 8.89. The number of aromatic nitrogens is 3. The van der Waals surface area contributed by atoms with Gasteiger partial charge in [-0.15, -0.1) is 0 Å². The number of aryl methyl sites for hydroxylation is 1. The van der Waals surface area contributed by atoms with Crippen molar-refractivity contribution in [2.75, 3.05) is 17.2 Å². The topological polar surface area (TPSA) is 51.0 Å². The predicted molar refractivity (Wildman–Crippen MR) is 98.0 cm³/mol. The van der Waals surface area contributed by atoms with E-state index in [4.69, 9.17) is 0 Å². The van der Waals surface area contributed by atoms with Crippen LogP contribution in [0.3, 0.4) is 0 Å². The Balaban J connectivity index is 1.55. The van der Waals surface area contributed by atoms with Crippen molar-refractivity contribution in [2.24, 2.45) is 0 Å². The minimum Gasteiger partial charge on any atom is -0.352 e. The number of halogens is 3. The first-order valence-corrected chi connectivity index (χ1v) is 10.0. The summed E-state index contributed by atoms with van der Waals surface area (Å²) in [7, 11) is 0. The van der Waals surface area contributed by atoms with E-state index >= 15 is 0 Å². The molecule has 2 aromatic heterocycles. The number of fused-ring (bicyclic) bond motifs is 1. The Kier molecular flexibility index (Phi) is 4.88. The van der Waals surface area contributed by atoms with E-state index in [-0.39, 0.29) is 11.6 Å². The summed E-state index contributed by atoms with van der Waals surface area (Å²) >= 11 is 1.80. The molecule has 4 heterocycles. The van der Waals surface area contributed by atoms with Crippen LogP contribution >= 0.6 is 11.8 Å². The summed E-state index contributed by atoms with van der Waals surface area (Å²) in [5.41, 5.74) is 1.11. The Bertz CT molecular complexity index is 882. The standard InChI is InChI=1S/C18H19F3N4OS/c19-18(20,21)13-3-4-16(22-9-13)24-6-1-2-14(24)10-25-17(26)8-12-11-27-7-5-15(12)23-25/h3-4,8-9,14H,1-2,5-7,10-11H2. The van der Waals surface area contributed by atoms with E-state index in [0.29, 0.717) is 18.9 Å². The maximum Gasteiger partial charge on any atom is 0.417 e. The molecule has 27 heavy (non-hydrogen) atoms. The van der Waals surface area contributed by atoms with E-state index in [9.17, 15) is 18.0 Å². The van der Waals surface area contributed by atoms with Crippen LogP contribution in [0, 0.1) is 0 Å². The highest BCUT2D eigenvalue weighted by Crippen LogP contribution is 2.31. The van der Waals surface area contributed by atoms with Crippen LogP contribution < -0.4 is 10.5 Å². The third-order valence-corrected chi connectivity index (χ3v) is 6.04. The predicted octanol–water partition coefficient (Wildman–Crippen LogP) is 3.12. The van der Waals surface area contributed by atoms with Crippen molar-refractivity contribution in [3.63, 3.8) is 0 Å². The van der Waals surface area contributed by atoms with E-state index in [0.717, 1.165) is 54.3 Å². The SMILES string of the molecule is O=c1cc2c(nn1CC1CCCN1c1ccc(C(F)(F)F)cn1)CCSC2. The van der Waals surface area contributed by atoms with Crippen molar-refractivity contribution in [3.8, 4) is 0 Å². The normalized spacial score (nSPS) is 20.0. The molecule has 1 atom stereocenters. The van der Waals surface area contributed by atoms with Gasteiger partial charge in [0.15, 0.2) is 0 Å². The minimum atomic E-state index is -4.39. The fourth-order valence-corrected chi connectivity index (χ4v) is 4.59. The van der Waals surface area contributed by atoms with Crippen LogP contribution in [0.4, 0.5) is 19.0 Å². The highest BCUT2D eigenvalue weighted by molar-refractivity contribution is 7.98. The number of hydrogen-bond acceptors (Lipinski definition) is 5. The Labute approximate surface area is 158 Å². The van der Waals surface area contributed by atoms with Gasteiger partial charge in [0, 0.05) is 31.0 Å². The molecule has 144 valence electrons. The second kappa shape index (κ2) is 7.18. The molecule has 0 N–H and O–H groups in total. The van der Waals surface area contributed by atoms with Crippen LogP contribution in [0.1, 0.15) is 29.7 Å². The molecule has 0 aromatic carbocycles. The van der Waals surface area contributed by atoms with Crippen LogP contribution in [-0.4, -0.2) is 33.1 Å². The van der Waals surface area contributed by atoms with Crippen molar-refractivity contribution < 1.29 is 13.2 Å². The van der Waals surface area contributed by atoms with Gasteiger partial charge < -0.3 is 4.90 Å².